The minimum absolute atomic E-state index is 0. The third kappa shape index (κ3) is 5.89. The average Bonchev–Trinajstić information content (AvgIpc) is 3.75. The average molecular weight is 710 g/mol. The standard InChI is InChI=1S/C30H21.C13H10.2ClH.Zr/c1-3-10-21(11-4-1)25-17-9-16-24-20-28-27(30(24)25)19-18-26(22-12-5-2-6-13-22)29(28)23-14-7-8-15-23;1-3-7-12(8-4-1)11-13-9-5-2-6-10-13;;;/h1-14,16-20H,15H2;1-10H;2*1H;/q;;;;+2/p-2. The Labute approximate surface area is 295 Å². The van der Waals surface area contributed by atoms with Crippen LogP contribution in [0.15, 0.2) is 170 Å². The van der Waals surface area contributed by atoms with Gasteiger partial charge in [0, 0.05) is 0 Å². The van der Waals surface area contributed by atoms with Crippen LogP contribution < -0.4 is 24.8 Å². The molecule has 3 heteroatoms. The first kappa shape index (κ1) is 32.1. The number of benzene rings is 6. The van der Waals surface area contributed by atoms with Crippen LogP contribution in [0.5, 0.6) is 0 Å². The smallest absolute Gasteiger partial charge is 1.00 e. The van der Waals surface area contributed by atoms with Crippen molar-refractivity contribution < 1.29 is 47.6 Å². The Hall–Kier alpha value is -3.87. The molecule has 0 saturated carbocycles. The van der Waals surface area contributed by atoms with E-state index in [-0.39, 0.29) is 24.8 Å². The van der Waals surface area contributed by atoms with Crippen molar-refractivity contribution in [2.24, 2.45) is 0 Å². The zero-order valence-electron chi connectivity index (χ0n) is 25.2. The zero-order valence-corrected chi connectivity index (χ0v) is 29.2. The topological polar surface area (TPSA) is 0 Å². The molecule has 2 aliphatic rings. The van der Waals surface area contributed by atoms with Crippen LogP contribution in [0.1, 0.15) is 37.9 Å². The van der Waals surface area contributed by atoms with Gasteiger partial charge in [-0.1, -0.05) is 0 Å². The van der Waals surface area contributed by atoms with Gasteiger partial charge in [-0.05, 0) is 0 Å². The van der Waals surface area contributed by atoms with E-state index in [0.29, 0.717) is 3.63 Å². The van der Waals surface area contributed by atoms with Crippen LogP contribution in [0.25, 0.3) is 39.0 Å². The molecule has 221 valence electrons. The molecule has 0 aliphatic heterocycles. The van der Waals surface area contributed by atoms with Crippen molar-refractivity contribution in [3.8, 4) is 33.4 Å². The van der Waals surface area contributed by atoms with Crippen molar-refractivity contribution in [1.82, 2.24) is 0 Å². The number of rotatable bonds is 6. The summed E-state index contributed by atoms with van der Waals surface area (Å²) in [5.41, 5.74) is 16.7. The molecule has 0 amide bonds. The number of allylic oxidation sites excluding steroid dienone is 4. The van der Waals surface area contributed by atoms with Gasteiger partial charge in [-0.25, -0.2) is 0 Å². The normalized spacial score (nSPS) is 13.8. The van der Waals surface area contributed by atoms with Gasteiger partial charge in [0.2, 0.25) is 0 Å². The van der Waals surface area contributed by atoms with Gasteiger partial charge in [0.1, 0.15) is 0 Å². The quantitative estimate of drug-likeness (QED) is 0.234. The maximum Gasteiger partial charge on any atom is -1.00 e. The molecule has 8 rings (SSSR count). The largest absolute Gasteiger partial charge is 1.00 e. The molecule has 0 spiro atoms. The molecular formula is C43H31Cl2Zr. The molecule has 0 saturated heterocycles. The summed E-state index contributed by atoms with van der Waals surface area (Å²) < 4.78 is 1.93. The Morgan fingerprint density at radius 2 is 1.02 bits per heavy atom. The molecule has 0 heterocycles. The summed E-state index contributed by atoms with van der Waals surface area (Å²) in [6, 6.07) is 56.1. The van der Waals surface area contributed by atoms with Gasteiger partial charge in [0.15, 0.2) is 0 Å². The molecule has 0 fully saturated rings. The Morgan fingerprint density at radius 3 is 1.57 bits per heavy atom. The molecular weight excluding hydrogens is 679 g/mol. The minimum Gasteiger partial charge on any atom is -1.00 e. The van der Waals surface area contributed by atoms with E-state index in [1.54, 1.807) is 3.21 Å². The summed E-state index contributed by atoms with van der Waals surface area (Å²) >= 11 is -1.29. The summed E-state index contributed by atoms with van der Waals surface area (Å²) in [5.74, 6) is 0. The van der Waals surface area contributed by atoms with E-state index in [0.717, 1.165) is 6.42 Å². The van der Waals surface area contributed by atoms with E-state index in [9.17, 15) is 0 Å². The summed E-state index contributed by atoms with van der Waals surface area (Å²) in [4.78, 5) is 0. The predicted molar refractivity (Wildman–Crippen MR) is 182 cm³/mol. The fourth-order valence-electron chi connectivity index (χ4n) is 6.94. The third-order valence-electron chi connectivity index (χ3n) is 8.89. The van der Waals surface area contributed by atoms with E-state index in [1.165, 1.54) is 66.8 Å². The van der Waals surface area contributed by atoms with Crippen molar-refractivity contribution in [3.05, 3.63) is 198 Å². The predicted octanol–water partition coefficient (Wildman–Crippen LogP) is 4.79. The Balaban J connectivity index is 0.00000186. The van der Waals surface area contributed by atoms with Gasteiger partial charge in [0.25, 0.3) is 0 Å². The maximum atomic E-state index is 2.43. The Bertz CT molecular complexity index is 2020. The monoisotopic (exact) mass is 707 g/mol. The number of hydrogen-bond acceptors (Lipinski definition) is 0. The minimum atomic E-state index is -1.29. The van der Waals surface area contributed by atoms with E-state index in [1.807, 2.05) is 0 Å². The van der Waals surface area contributed by atoms with Gasteiger partial charge in [-0.3, -0.25) is 0 Å². The molecule has 0 aromatic heterocycles. The maximum absolute atomic E-state index is 2.43. The van der Waals surface area contributed by atoms with Gasteiger partial charge >= 0.3 is 273 Å². The molecule has 6 aromatic carbocycles. The third-order valence-corrected chi connectivity index (χ3v) is 13.2. The first-order valence-electron chi connectivity index (χ1n) is 15.4. The van der Waals surface area contributed by atoms with Crippen molar-refractivity contribution in [2.45, 2.75) is 10.0 Å². The van der Waals surface area contributed by atoms with Crippen molar-refractivity contribution >= 4 is 8.78 Å². The second-order valence-corrected chi connectivity index (χ2v) is 14.8. The molecule has 1 atom stereocenters. The van der Waals surface area contributed by atoms with Gasteiger partial charge in [0.05, 0.1) is 0 Å². The Morgan fingerprint density at radius 1 is 0.500 bits per heavy atom. The molecule has 46 heavy (non-hydrogen) atoms. The molecule has 2 aliphatic carbocycles. The van der Waals surface area contributed by atoms with Gasteiger partial charge in [-0.2, -0.15) is 0 Å². The summed E-state index contributed by atoms with van der Waals surface area (Å²) in [7, 11) is 0. The van der Waals surface area contributed by atoms with Crippen LogP contribution in [0.2, 0.25) is 0 Å². The molecule has 0 radical (unpaired) electrons. The van der Waals surface area contributed by atoms with E-state index in [2.05, 4.69) is 170 Å². The van der Waals surface area contributed by atoms with E-state index >= 15 is 0 Å². The number of fused-ring (bicyclic) bond motifs is 3. The van der Waals surface area contributed by atoms with Crippen LogP contribution >= 0.6 is 0 Å². The van der Waals surface area contributed by atoms with Crippen LogP contribution in [0.3, 0.4) is 0 Å². The van der Waals surface area contributed by atoms with E-state index < -0.39 is 22.8 Å². The van der Waals surface area contributed by atoms with Crippen LogP contribution in [0, 0.1) is 0 Å². The summed E-state index contributed by atoms with van der Waals surface area (Å²) in [6.07, 6.45) is 7.87. The second-order valence-electron chi connectivity index (χ2n) is 11.5. The number of halogens is 2. The fourth-order valence-corrected chi connectivity index (χ4v) is 11.4. The van der Waals surface area contributed by atoms with E-state index in [4.69, 9.17) is 0 Å². The van der Waals surface area contributed by atoms with Crippen molar-refractivity contribution in [1.29, 1.82) is 0 Å². The summed E-state index contributed by atoms with van der Waals surface area (Å²) in [5, 5.41) is 0. The molecule has 1 unspecified atom stereocenters. The van der Waals surface area contributed by atoms with Crippen LogP contribution in [-0.4, -0.2) is 3.21 Å². The first-order valence-corrected chi connectivity index (χ1v) is 18.0. The first-order chi connectivity index (χ1) is 21.9. The van der Waals surface area contributed by atoms with Gasteiger partial charge in [-0.15, -0.1) is 0 Å². The fraction of sp³-hybridized carbons (Fsp3) is 0.0465. The van der Waals surface area contributed by atoms with Crippen LogP contribution in [-0.2, 0) is 22.8 Å². The second kappa shape index (κ2) is 14.3. The van der Waals surface area contributed by atoms with Crippen molar-refractivity contribution in [2.75, 3.05) is 0 Å². The molecule has 0 nitrogen and oxygen atoms in total. The molecule has 6 aromatic rings. The van der Waals surface area contributed by atoms with Crippen LogP contribution in [0.4, 0.5) is 0 Å². The SMILES string of the molecule is C1=CCC(c2c(-c3ccccc3)ccc3c2[CH]([Zr+2]=[C](c2ccccc2)c2ccccc2)c2cccc(-c4ccccc4)c2-3)=C1.[Cl-].[Cl-]. The van der Waals surface area contributed by atoms with Crippen molar-refractivity contribution in [3.63, 3.8) is 0 Å². The Kier molecular flexibility index (Phi) is 9.96. The van der Waals surface area contributed by atoms with Gasteiger partial charge < -0.3 is 24.8 Å². The summed E-state index contributed by atoms with van der Waals surface area (Å²) in [6.45, 7) is 0. The molecule has 0 bridgehead atoms. The zero-order chi connectivity index (χ0) is 29.3. The molecule has 0 N–H and O–H groups in total. The number of hydrogen-bond donors (Lipinski definition) is 0.